The fourth-order valence-electron chi connectivity index (χ4n) is 3.84. The lowest BCUT2D eigenvalue weighted by molar-refractivity contribution is -0.143. The highest BCUT2D eigenvalue weighted by Gasteiger charge is 2.39. The number of hydrogen-bond donors (Lipinski definition) is 1. The van der Waals surface area contributed by atoms with Crippen molar-refractivity contribution in [3.63, 3.8) is 0 Å². The molecule has 2 aliphatic heterocycles. The normalized spacial score (nSPS) is 20.4. The zero-order valence-corrected chi connectivity index (χ0v) is 16.6. The van der Waals surface area contributed by atoms with Crippen LogP contribution in [0.15, 0.2) is 24.3 Å². The van der Waals surface area contributed by atoms with Crippen molar-refractivity contribution in [3.05, 3.63) is 24.3 Å². The molecule has 0 radical (unpaired) electrons. The van der Waals surface area contributed by atoms with Gasteiger partial charge >= 0.3 is 6.18 Å². The van der Waals surface area contributed by atoms with Crippen molar-refractivity contribution in [1.29, 1.82) is 0 Å². The van der Waals surface area contributed by atoms with E-state index in [-0.39, 0.29) is 37.9 Å². The van der Waals surface area contributed by atoms with Crippen LogP contribution in [0.3, 0.4) is 0 Å². The Hall–Kier alpha value is -2.78. The third-order valence-electron chi connectivity index (χ3n) is 5.50. The molecule has 1 atom stereocenters. The lowest BCUT2D eigenvalue weighted by Gasteiger charge is -2.33. The van der Waals surface area contributed by atoms with Gasteiger partial charge < -0.3 is 19.9 Å². The Morgan fingerprint density at radius 1 is 1.13 bits per heavy atom. The number of piperidine rings is 1. The molecule has 2 heterocycles. The summed E-state index contributed by atoms with van der Waals surface area (Å²) in [6, 6.07) is 7.00. The van der Waals surface area contributed by atoms with Crippen LogP contribution in [0.2, 0.25) is 0 Å². The van der Waals surface area contributed by atoms with Crippen molar-refractivity contribution < 1.29 is 32.3 Å². The maximum absolute atomic E-state index is 12.8. The molecule has 0 aromatic heterocycles. The molecular weight excluding hydrogens is 403 g/mol. The lowest BCUT2D eigenvalue weighted by Crippen LogP contribution is -2.46. The number of hydrogen-bond acceptors (Lipinski definition) is 4. The van der Waals surface area contributed by atoms with E-state index < -0.39 is 30.5 Å². The molecule has 2 saturated heterocycles. The molecule has 30 heavy (non-hydrogen) atoms. The molecule has 1 aromatic rings. The number of benzene rings is 1. The monoisotopic (exact) mass is 427 g/mol. The van der Waals surface area contributed by atoms with Gasteiger partial charge in [-0.15, -0.1) is 0 Å². The van der Waals surface area contributed by atoms with Crippen LogP contribution in [0, 0.1) is 11.8 Å². The first-order chi connectivity index (χ1) is 14.2. The minimum atomic E-state index is -4.45. The summed E-state index contributed by atoms with van der Waals surface area (Å²) in [5.74, 6) is -1.29. The largest absolute Gasteiger partial charge is 0.497 e. The minimum absolute atomic E-state index is 0.108. The topological polar surface area (TPSA) is 79.0 Å². The molecule has 0 aliphatic carbocycles. The maximum Gasteiger partial charge on any atom is 0.405 e. The molecule has 3 amide bonds. The standard InChI is InChI=1S/C20H24F3N3O4/c1-30-16-4-2-15(3-5-16)26-11-14(10-17(26)27)19(29)25-8-6-13(7-9-25)18(28)24-12-20(21,22)23/h2-5,13-14H,6-12H2,1H3,(H,24,28). The second kappa shape index (κ2) is 8.93. The summed E-state index contributed by atoms with van der Waals surface area (Å²) in [6.45, 7) is -0.501. The zero-order chi connectivity index (χ0) is 21.9. The molecule has 1 unspecified atom stereocenters. The molecule has 2 aliphatic rings. The summed E-state index contributed by atoms with van der Waals surface area (Å²) < 4.78 is 41.8. The Labute approximate surface area is 172 Å². The van der Waals surface area contributed by atoms with Gasteiger partial charge in [0, 0.05) is 37.7 Å². The third-order valence-corrected chi connectivity index (χ3v) is 5.50. The molecule has 2 fully saturated rings. The molecule has 0 spiro atoms. The van der Waals surface area contributed by atoms with Crippen molar-refractivity contribution in [3.8, 4) is 5.75 Å². The fourth-order valence-corrected chi connectivity index (χ4v) is 3.84. The van der Waals surface area contributed by atoms with Crippen molar-refractivity contribution >= 4 is 23.4 Å². The summed E-state index contributed by atoms with van der Waals surface area (Å²) in [5.41, 5.74) is 0.691. The molecule has 1 aromatic carbocycles. The number of amides is 3. The number of anilines is 1. The SMILES string of the molecule is COc1ccc(N2CC(C(=O)N3CCC(C(=O)NCC(F)(F)F)CC3)CC2=O)cc1. The van der Waals surface area contributed by atoms with Gasteiger partial charge in [-0.1, -0.05) is 0 Å². The quantitative estimate of drug-likeness (QED) is 0.779. The average molecular weight is 427 g/mol. The highest BCUT2D eigenvalue weighted by molar-refractivity contribution is 6.00. The number of alkyl halides is 3. The molecule has 7 nitrogen and oxygen atoms in total. The van der Waals surface area contributed by atoms with Gasteiger partial charge in [0.25, 0.3) is 0 Å². The van der Waals surface area contributed by atoms with Crippen molar-refractivity contribution in [1.82, 2.24) is 10.2 Å². The maximum atomic E-state index is 12.8. The smallest absolute Gasteiger partial charge is 0.405 e. The third kappa shape index (κ3) is 5.22. The van der Waals surface area contributed by atoms with Crippen LogP contribution in [-0.2, 0) is 14.4 Å². The average Bonchev–Trinajstić information content (AvgIpc) is 3.12. The molecular formula is C20H24F3N3O4. The highest BCUT2D eigenvalue weighted by Crippen LogP contribution is 2.29. The van der Waals surface area contributed by atoms with E-state index in [2.05, 4.69) is 0 Å². The number of carbonyl (C=O) groups is 3. The predicted octanol–water partition coefficient (Wildman–Crippen LogP) is 1.97. The van der Waals surface area contributed by atoms with Crippen LogP contribution in [0.4, 0.5) is 18.9 Å². The summed E-state index contributed by atoms with van der Waals surface area (Å²) in [4.78, 5) is 40.3. The molecule has 0 bridgehead atoms. The zero-order valence-electron chi connectivity index (χ0n) is 16.6. The second-order valence-corrected chi connectivity index (χ2v) is 7.54. The van der Waals surface area contributed by atoms with Crippen LogP contribution >= 0.6 is 0 Å². The number of nitrogens with one attached hydrogen (secondary N) is 1. The van der Waals surface area contributed by atoms with E-state index in [1.54, 1.807) is 41.2 Å². The summed E-state index contributed by atoms with van der Waals surface area (Å²) in [5, 5.41) is 1.90. The van der Waals surface area contributed by atoms with Gasteiger partial charge in [0.2, 0.25) is 17.7 Å². The van der Waals surface area contributed by atoms with Crippen molar-refractivity contribution in [2.75, 3.05) is 38.2 Å². The van der Waals surface area contributed by atoms with Gasteiger partial charge in [-0.2, -0.15) is 13.2 Å². The molecule has 3 rings (SSSR count). The number of halogens is 3. The van der Waals surface area contributed by atoms with Crippen LogP contribution in [0.25, 0.3) is 0 Å². The van der Waals surface area contributed by atoms with Crippen LogP contribution in [0.5, 0.6) is 5.75 Å². The van der Waals surface area contributed by atoms with E-state index in [0.29, 0.717) is 24.3 Å². The van der Waals surface area contributed by atoms with Gasteiger partial charge in [-0.05, 0) is 37.1 Å². The first-order valence-electron chi connectivity index (χ1n) is 9.75. The molecule has 1 N–H and O–H groups in total. The van der Waals surface area contributed by atoms with E-state index in [1.165, 1.54) is 0 Å². The summed E-state index contributed by atoms with van der Waals surface area (Å²) in [7, 11) is 1.55. The first-order valence-corrected chi connectivity index (χ1v) is 9.75. The predicted molar refractivity (Wildman–Crippen MR) is 102 cm³/mol. The molecule has 164 valence electrons. The lowest BCUT2D eigenvalue weighted by atomic mass is 9.94. The number of nitrogens with zero attached hydrogens (tertiary/aromatic N) is 2. The first kappa shape index (κ1) is 21.9. The van der Waals surface area contributed by atoms with E-state index >= 15 is 0 Å². The van der Waals surface area contributed by atoms with Crippen LogP contribution in [-0.4, -0.2) is 62.1 Å². The molecule has 0 saturated carbocycles. The highest BCUT2D eigenvalue weighted by atomic mass is 19.4. The number of methoxy groups -OCH3 is 1. The van der Waals surface area contributed by atoms with Crippen LogP contribution < -0.4 is 15.0 Å². The Morgan fingerprint density at radius 3 is 2.33 bits per heavy atom. The Morgan fingerprint density at radius 2 is 1.77 bits per heavy atom. The van der Waals surface area contributed by atoms with E-state index in [9.17, 15) is 27.6 Å². The number of ether oxygens (including phenoxy) is 1. The van der Waals surface area contributed by atoms with Crippen molar-refractivity contribution in [2.24, 2.45) is 11.8 Å². The number of carbonyl (C=O) groups excluding carboxylic acids is 3. The Kier molecular flexibility index (Phi) is 6.52. The number of likely N-dealkylation sites (tertiary alicyclic amines) is 1. The van der Waals surface area contributed by atoms with Gasteiger partial charge in [0.15, 0.2) is 0 Å². The van der Waals surface area contributed by atoms with Gasteiger partial charge in [0.1, 0.15) is 12.3 Å². The number of rotatable bonds is 5. The minimum Gasteiger partial charge on any atom is -0.497 e. The van der Waals surface area contributed by atoms with Crippen LogP contribution in [0.1, 0.15) is 19.3 Å². The van der Waals surface area contributed by atoms with Gasteiger partial charge in [-0.3, -0.25) is 14.4 Å². The van der Waals surface area contributed by atoms with Gasteiger partial charge in [-0.25, -0.2) is 0 Å². The Bertz CT molecular complexity index is 789. The van der Waals surface area contributed by atoms with Crippen molar-refractivity contribution in [2.45, 2.75) is 25.4 Å². The van der Waals surface area contributed by atoms with E-state index in [1.807, 2.05) is 5.32 Å². The van der Waals surface area contributed by atoms with E-state index in [4.69, 9.17) is 4.74 Å². The summed E-state index contributed by atoms with van der Waals surface area (Å²) in [6.07, 6.45) is -3.73. The van der Waals surface area contributed by atoms with Gasteiger partial charge in [0.05, 0.1) is 13.0 Å². The molecule has 10 heteroatoms. The second-order valence-electron chi connectivity index (χ2n) is 7.54. The fraction of sp³-hybridized carbons (Fsp3) is 0.550. The summed E-state index contributed by atoms with van der Waals surface area (Å²) >= 11 is 0. The van der Waals surface area contributed by atoms with E-state index in [0.717, 1.165) is 0 Å². The Balaban J connectivity index is 1.51.